The maximum atomic E-state index is 13.8. The Hall–Kier alpha value is -1.74. The zero-order valence-corrected chi connectivity index (χ0v) is 12.8. The van der Waals surface area contributed by atoms with Crippen LogP contribution in [0.2, 0.25) is 0 Å². The highest BCUT2D eigenvalue weighted by molar-refractivity contribution is 5.45. The summed E-state index contributed by atoms with van der Waals surface area (Å²) in [6.07, 6.45) is 3.22. The second-order valence-electron chi connectivity index (χ2n) is 6.12. The van der Waals surface area contributed by atoms with Crippen LogP contribution in [0.4, 0.5) is 8.78 Å². The molecule has 0 saturated heterocycles. The summed E-state index contributed by atoms with van der Waals surface area (Å²) in [6.45, 7) is 2.05. The SMILES string of the molecule is CCC(N)CC1c2ccccc2CCc2cc(F)c(F)cc21. The molecule has 0 amide bonds. The van der Waals surface area contributed by atoms with Gasteiger partial charge >= 0.3 is 0 Å². The molecule has 2 aromatic carbocycles. The van der Waals surface area contributed by atoms with E-state index in [0.29, 0.717) is 0 Å². The second kappa shape index (κ2) is 6.17. The van der Waals surface area contributed by atoms with Gasteiger partial charge in [0, 0.05) is 12.0 Å². The van der Waals surface area contributed by atoms with Crippen molar-refractivity contribution in [3.05, 3.63) is 70.3 Å². The van der Waals surface area contributed by atoms with Gasteiger partial charge in [0.25, 0.3) is 0 Å². The number of hydrogen-bond donors (Lipinski definition) is 1. The maximum Gasteiger partial charge on any atom is 0.159 e. The van der Waals surface area contributed by atoms with Crippen LogP contribution < -0.4 is 5.73 Å². The van der Waals surface area contributed by atoms with E-state index in [-0.39, 0.29) is 12.0 Å². The van der Waals surface area contributed by atoms with Crippen LogP contribution >= 0.6 is 0 Å². The van der Waals surface area contributed by atoms with Gasteiger partial charge in [-0.25, -0.2) is 8.78 Å². The van der Waals surface area contributed by atoms with E-state index in [1.54, 1.807) is 0 Å². The molecule has 1 nitrogen and oxygen atoms in total. The highest BCUT2D eigenvalue weighted by Gasteiger charge is 2.26. The Morgan fingerprint density at radius 3 is 2.50 bits per heavy atom. The number of nitrogens with two attached hydrogens (primary N) is 1. The van der Waals surface area contributed by atoms with Crippen LogP contribution in [0.1, 0.15) is 47.9 Å². The van der Waals surface area contributed by atoms with Crippen LogP contribution in [0.15, 0.2) is 36.4 Å². The summed E-state index contributed by atoms with van der Waals surface area (Å²) < 4.78 is 27.4. The van der Waals surface area contributed by atoms with Crippen molar-refractivity contribution in [3.8, 4) is 0 Å². The van der Waals surface area contributed by atoms with Gasteiger partial charge in [-0.2, -0.15) is 0 Å². The Kier molecular flexibility index (Phi) is 4.25. The molecule has 0 heterocycles. The van der Waals surface area contributed by atoms with Crippen molar-refractivity contribution < 1.29 is 8.78 Å². The van der Waals surface area contributed by atoms with Crippen molar-refractivity contribution in [2.45, 2.75) is 44.6 Å². The molecule has 116 valence electrons. The van der Waals surface area contributed by atoms with Gasteiger partial charge in [0.15, 0.2) is 11.6 Å². The minimum Gasteiger partial charge on any atom is -0.328 e. The molecule has 2 N–H and O–H groups in total. The third-order valence-corrected chi connectivity index (χ3v) is 4.71. The van der Waals surface area contributed by atoms with Crippen molar-refractivity contribution in [1.82, 2.24) is 0 Å². The van der Waals surface area contributed by atoms with E-state index in [1.165, 1.54) is 23.3 Å². The molecule has 1 aliphatic rings. The van der Waals surface area contributed by atoms with E-state index in [1.807, 2.05) is 12.1 Å². The van der Waals surface area contributed by atoms with Crippen molar-refractivity contribution >= 4 is 0 Å². The molecule has 1 aliphatic carbocycles. The fraction of sp³-hybridized carbons (Fsp3) is 0.368. The Bertz CT molecular complexity index is 681. The Morgan fingerprint density at radius 1 is 1.05 bits per heavy atom. The van der Waals surface area contributed by atoms with Gasteiger partial charge in [-0.05, 0) is 60.1 Å². The third-order valence-electron chi connectivity index (χ3n) is 4.71. The maximum absolute atomic E-state index is 13.8. The van der Waals surface area contributed by atoms with Crippen LogP contribution in [0.25, 0.3) is 0 Å². The molecule has 22 heavy (non-hydrogen) atoms. The van der Waals surface area contributed by atoms with Gasteiger partial charge in [-0.1, -0.05) is 31.2 Å². The van der Waals surface area contributed by atoms with Crippen molar-refractivity contribution in [1.29, 1.82) is 0 Å². The first-order chi connectivity index (χ1) is 10.6. The number of benzene rings is 2. The van der Waals surface area contributed by atoms with E-state index in [2.05, 4.69) is 19.1 Å². The molecule has 3 rings (SSSR count). The summed E-state index contributed by atoms with van der Waals surface area (Å²) in [6, 6.07) is 11.0. The second-order valence-corrected chi connectivity index (χ2v) is 6.12. The Balaban J connectivity index is 2.14. The Labute approximate surface area is 130 Å². The number of fused-ring (bicyclic) bond motifs is 2. The monoisotopic (exact) mass is 301 g/mol. The summed E-state index contributed by atoms with van der Waals surface area (Å²) >= 11 is 0. The first-order valence-electron chi connectivity index (χ1n) is 7.91. The summed E-state index contributed by atoms with van der Waals surface area (Å²) in [4.78, 5) is 0. The molecule has 0 radical (unpaired) electrons. The molecular formula is C19H21F2N. The van der Waals surface area contributed by atoms with Crippen LogP contribution in [0.5, 0.6) is 0 Å². The predicted octanol–water partition coefficient (Wildman–Crippen LogP) is 4.32. The molecule has 0 saturated carbocycles. The third kappa shape index (κ3) is 2.78. The smallest absolute Gasteiger partial charge is 0.159 e. The van der Waals surface area contributed by atoms with E-state index in [4.69, 9.17) is 5.73 Å². The highest BCUT2D eigenvalue weighted by Crippen LogP contribution is 2.38. The van der Waals surface area contributed by atoms with E-state index in [0.717, 1.165) is 36.8 Å². The van der Waals surface area contributed by atoms with Gasteiger partial charge in [-0.15, -0.1) is 0 Å². The van der Waals surface area contributed by atoms with Gasteiger partial charge < -0.3 is 5.73 Å². The zero-order chi connectivity index (χ0) is 15.7. The van der Waals surface area contributed by atoms with Crippen LogP contribution in [0.3, 0.4) is 0 Å². The minimum atomic E-state index is -0.770. The Morgan fingerprint density at radius 2 is 1.73 bits per heavy atom. The van der Waals surface area contributed by atoms with Crippen LogP contribution in [-0.2, 0) is 12.8 Å². The normalized spacial score (nSPS) is 18.3. The summed E-state index contributed by atoms with van der Waals surface area (Å²) in [5, 5.41) is 0. The standard InChI is InChI=1S/C19H21F2N/c1-2-14(22)10-17-15-6-4-3-5-12(15)7-8-13-9-18(20)19(21)11-16(13)17/h3-6,9,11,14,17H,2,7-8,10,22H2,1H3. The first kappa shape index (κ1) is 15.2. The zero-order valence-electron chi connectivity index (χ0n) is 12.8. The minimum absolute atomic E-state index is 0.0405. The molecule has 0 bridgehead atoms. The fourth-order valence-electron chi connectivity index (χ4n) is 3.41. The van der Waals surface area contributed by atoms with Crippen molar-refractivity contribution in [3.63, 3.8) is 0 Å². The number of aryl methyl sites for hydroxylation is 2. The molecule has 2 aromatic rings. The lowest BCUT2D eigenvalue weighted by Gasteiger charge is -2.23. The fourth-order valence-corrected chi connectivity index (χ4v) is 3.41. The average molecular weight is 301 g/mol. The highest BCUT2D eigenvalue weighted by atomic mass is 19.2. The van der Waals surface area contributed by atoms with Gasteiger partial charge in [0.2, 0.25) is 0 Å². The van der Waals surface area contributed by atoms with E-state index in [9.17, 15) is 8.78 Å². The quantitative estimate of drug-likeness (QED) is 0.897. The van der Waals surface area contributed by atoms with E-state index >= 15 is 0 Å². The lowest BCUT2D eigenvalue weighted by Crippen LogP contribution is -2.23. The lowest BCUT2D eigenvalue weighted by atomic mass is 9.83. The number of halogens is 2. The van der Waals surface area contributed by atoms with Crippen molar-refractivity contribution in [2.75, 3.05) is 0 Å². The summed E-state index contributed by atoms with van der Waals surface area (Å²) in [5.41, 5.74) is 10.4. The van der Waals surface area contributed by atoms with Gasteiger partial charge in [-0.3, -0.25) is 0 Å². The predicted molar refractivity (Wildman–Crippen MR) is 84.9 cm³/mol. The lowest BCUT2D eigenvalue weighted by molar-refractivity contribution is 0.500. The molecule has 0 spiro atoms. The van der Waals surface area contributed by atoms with Crippen molar-refractivity contribution in [2.24, 2.45) is 5.73 Å². The van der Waals surface area contributed by atoms with Gasteiger partial charge in [0.05, 0.1) is 0 Å². The first-order valence-corrected chi connectivity index (χ1v) is 7.91. The summed E-state index contributed by atoms with van der Waals surface area (Å²) in [5.74, 6) is -1.49. The average Bonchev–Trinajstić information content (AvgIpc) is 2.66. The number of rotatable bonds is 3. The van der Waals surface area contributed by atoms with Gasteiger partial charge in [0.1, 0.15) is 0 Å². The molecule has 3 heteroatoms. The number of hydrogen-bond acceptors (Lipinski definition) is 1. The molecule has 0 aliphatic heterocycles. The molecule has 2 atom stereocenters. The topological polar surface area (TPSA) is 26.0 Å². The molecule has 2 unspecified atom stereocenters. The summed E-state index contributed by atoms with van der Waals surface area (Å²) in [7, 11) is 0. The largest absolute Gasteiger partial charge is 0.328 e. The molecule has 0 aromatic heterocycles. The molecular weight excluding hydrogens is 280 g/mol. The van der Waals surface area contributed by atoms with Crippen LogP contribution in [-0.4, -0.2) is 6.04 Å². The van der Waals surface area contributed by atoms with Crippen LogP contribution in [0, 0.1) is 11.6 Å². The molecule has 0 fully saturated rings. The van der Waals surface area contributed by atoms with E-state index < -0.39 is 11.6 Å².